The Morgan fingerprint density at radius 3 is 1.36 bits per heavy atom. The van der Waals surface area contributed by atoms with Gasteiger partial charge in [0.25, 0.3) is 0 Å². The van der Waals surface area contributed by atoms with Crippen molar-refractivity contribution in [3.8, 4) is 0 Å². The zero-order valence-corrected chi connectivity index (χ0v) is 28.7. The fourth-order valence-corrected chi connectivity index (χ4v) is 3.94. The van der Waals surface area contributed by atoms with Gasteiger partial charge in [0.2, 0.25) is 0 Å². The molecule has 0 aliphatic carbocycles. The molecule has 16 nitrogen and oxygen atoms in total. The van der Waals surface area contributed by atoms with E-state index in [1.807, 2.05) is 13.8 Å². The van der Waals surface area contributed by atoms with Crippen molar-refractivity contribution < 1.29 is 39.8 Å². The lowest BCUT2D eigenvalue weighted by Crippen LogP contribution is -2.37. The smallest absolute Gasteiger partial charge is 0.310 e. The van der Waals surface area contributed by atoms with E-state index in [-0.39, 0.29) is 17.5 Å². The number of anilines is 4. The first-order chi connectivity index (χ1) is 21.7. The van der Waals surface area contributed by atoms with Gasteiger partial charge in [-0.05, 0) is 63.9 Å². The van der Waals surface area contributed by atoms with Crippen LogP contribution in [-0.4, -0.2) is 49.0 Å². The number of hydrogen-bond donors (Lipinski definition) is 4. The summed E-state index contributed by atoms with van der Waals surface area (Å²) in [4.78, 5) is 0. The van der Waals surface area contributed by atoms with Gasteiger partial charge in [-0.3, -0.25) is 10.3 Å². The molecular weight excluding hydrogens is 612 g/mol. The third kappa shape index (κ3) is 11.3. The second kappa shape index (κ2) is 17.5. The average molecular weight is 659 g/mol. The van der Waals surface area contributed by atoms with Crippen LogP contribution in [-0.2, 0) is 0 Å². The van der Waals surface area contributed by atoms with Crippen LogP contribution in [0, 0.1) is 69.3 Å². The van der Waals surface area contributed by atoms with E-state index in [2.05, 4.69) is 0 Å². The van der Waals surface area contributed by atoms with Crippen LogP contribution in [0.15, 0.2) is 54.6 Å². The van der Waals surface area contributed by atoms with Crippen LogP contribution in [0.3, 0.4) is 0 Å². The van der Waals surface area contributed by atoms with Crippen LogP contribution in [0.4, 0.5) is 23.1 Å². The lowest BCUT2D eigenvalue weighted by Gasteiger charge is -2.14. The van der Waals surface area contributed by atoms with Crippen LogP contribution in [0.1, 0.15) is 39.6 Å². The fourth-order valence-electron chi connectivity index (χ4n) is 3.94. The minimum Gasteiger partial charge on any atom is -0.710 e. The van der Waals surface area contributed by atoms with Crippen LogP contribution in [0.25, 0.3) is 0 Å². The lowest BCUT2D eigenvalue weighted by molar-refractivity contribution is -0.619. The van der Waals surface area contributed by atoms with Gasteiger partial charge in [0.15, 0.2) is 11.4 Å². The highest BCUT2D eigenvalue weighted by atomic mass is 16.5. The zero-order chi connectivity index (χ0) is 36.3. The molecule has 0 aromatic carbocycles. The van der Waals surface area contributed by atoms with Crippen molar-refractivity contribution in [2.75, 3.05) is 48.4 Å². The summed E-state index contributed by atoms with van der Waals surface area (Å²) < 4.78 is 2.88. The molecule has 0 spiro atoms. The monoisotopic (exact) mass is 658 g/mol. The molecule has 47 heavy (non-hydrogen) atoms. The predicted molar refractivity (Wildman–Crippen MR) is 176 cm³/mol. The van der Waals surface area contributed by atoms with Crippen molar-refractivity contribution in [2.24, 2.45) is 0 Å². The first kappa shape index (κ1) is 39.9. The molecule has 0 radical (unpaired) electrons. The highest BCUT2D eigenvalue weighted by molar-refractivity contribution is 5.43. The van der Waals surface area contributed by atoms with E-state index in [0.717, 1.165) is 36.1 Å². The molecule has 0 unspecified atom stereocenters. The summed E-state index contributed by atoms with van der Waals surface area (Å²) in [6.07, 6.45) is 0. The second-order valence-electron chi connectivity index (χ2n) is 10.8. The van der Waals surface area contributed by atoms with E-state index in [9.17, 15) is 20.8 Å². The van der Waals surface area contributed by atoms with Gasteiger partial charge in [-0.1, -0.05) is 6.07 Å². The Hall–Kier alpha value is -5.16. The number of hydroxylamine groups is 4. The van der Waals surface area contributed by atoms with Gasteiger partial charge in [0.1, 0.15) is 38.2 Å². The summed E-state index contributed by atoms with van der Waals surface area (Å²) >= 11 is 0. The topological polar surface area (TPSA) is 202 Å². The number of pyridine rings is 4. The normalized spacial score (nSPS) is 9.94. The SMILES string of the molecule is Cc1cc(C)[n+]([O-])c(N(C)O)c1.Cc1cc(N(C)O)cc(C)[n+]1[O-].Cc1ccc(N(C)O)[n+]([O-])c1C.Cc1cccc(N(C)O)[n+]1[O-]. The molecule has 0 saturated carbocycles. The van der Waals surface area contributed by atoms with Crippen LogP contribution in [0.2, 0.25) is 0 Å². The van der Waals surface area contributed by atoms with E-state index < -0.39 is 0 Å². The lowest BCUT2D eigenvalue weighted by atomic mass is 10.2. The molecule has 4 N–H and O–H groups in total. The maximum absolute atomic E-state index is 11.3. The molecule has 0 bridgehead atoms. The van der Waals surface area contributed by atoms with Gasteiger partial charge in [0, 0.05) is 51.2 Å². The van der Waals surface area contributed by atoms with Gasteiger partial charge in [0.05, 0.1) is 5.69 Å². The Bertz CT molecular complexity index is 1610. The summed E-state index contributed by atoms with van der Waals surface area (Å²) in [7, 11) is 5.76. The maximum Gasteiger partial charge on any atom is 0.310 e. The Labute approximate surface area is 274 Å². The van der Waals surface area contributed by atoms with Crippen molar-refractivity contribution in [1.82, 2.24) is 0 Å². The molecule has 4 aromatic heterocycles. The second-order valence-corrected chi connectivity index (χ2v) is 10.8. The Morgan fingerprint density at radius 2 is 0.915 bits per heavy atom. The minimum atomic E-state index is 0.227. The summed E-state index contributed by atoms with van der Waals surface area (Å²) in [5.74, 6) is 0.704. The molecule has 4 heterocycles. The van der Waals surface area contributed by atoms with Crippen molar-refractivity contribution in [1.29, 1.82) is 0 Å². The van der Waals surface area contributed by atoms with Crippen molar-refractivity contribution in [3.63, 3.8) is 0 Å². The molecule has 0 atom stereocenters. The molecule has 258 valence electrons. The molecule has 0 saturated heterocycles. The molecule has 0 fully saturated rings. The standard InChI is InChI=1S/3C8H12N2O2.C7H10N2O2/c1-6-4-8(9(3)11)5-7(2)10(6)12;1-6-4-7(2)10(12)8(5-6)9(3)11;1-6-4-5-8(9(3)11)10(12)7(6)2;1-6-4-3-5-7(8(2)10)9(6)11/h3*4-5,11H,1-3H3;3-5,10H,1-2H3. The molecule has 4 aromatic rings. The summed E-state index contributed by atoms with van der Waals surface area (Å²) in [6, 6.07) is 15.0. The number of hydrogen-bond acceptors (Lipinski definition) is 12. The van der Waals surface area contributed by atoms with E-state index in [1.165, 1.54) is 28.2 Å². The highest BCUT2D eigenvalue weighted by Crippen LogP contribution is 2.12. The predicted octanol–water partition coefficient (Wildman–Crippen LogP) is 2.74. The largest absolute Gasteiger partial charge is 0.710 e. The summed E-state index contributed by atoms with van der Waals surface area (Å²) in [5, 5.41) is 84.4. The number of aryl methyl sites for hydroxylation is 6. The number of rotatable bonds is 4. The molecule has 16 heteroatoms. The van der Waals surface area contributed by atoms with Gasteiger partial charge in [-0.25, -0.2) is 29.8 Å². The Balaban J connectivity index is 0.000000314. The molecule has 0 amide bonds. The van der Waals surface area contributed by atoms with Gasteiger partial charge >= 0.3 is 17.5 Å². The molecule has 0 aliphatic heterocycles. The van der Waals surface area contributed by atoms with Crippen molar-refractivity contribution in [3.05, 3.63) is 115 Å². The van der Waals surface area contributed by atoms with E-state index in [1.54, 1.807) is 89.2 Å². The third-order valence-electron chi connectivity index (χ3n) is 6.72. The quantitative estimate of drug-likeness (QED) is 0.142. The Morgan fingerprint density at radius 1 is 0.468 bits per heavy atom. The average Bonchev–Trinajstić information content (AvgIpc) is 2.98. The van der Waals surface area contributed by atoms with E-state index in [0.29, 0.717) is 48.3 Å². The summed E-state index contributed by atoms with van der Waals surface area (Å²) in [5.41, 5.74) is 5.38. The van der Waals surface area contributed by atoms with Crippen molar-refractivity contribution in [2.45, 2.75) is 48.5 Å². The van der Waals surface area contributed by atoms with E-state index >= 15 is 0 Å². The first-order valence-corrected chi connectivity index (χ1v) is 14.2. The zero-order valence-electron chi connectivity index (χ0n) is 28.7. The van der Waals surface area contributed by atoms with Gasteiger partial charge in [-0.2, -0.15) is 4.73 Å². The molecule has 4 rings (SSSR count). The first-order valence-electron chi connectivity index (χ1n) is 14.2. The van der Waals surface area contributed by atoms with E-state index in [4.69, 9.17) is 20.8 Å². The summed E-state index contributed by atoms with van der Waals surface area (Å²) in [6.45, 7) is 12.2. The Kier molecular flexibility index (Phi) is 14.9. The third-order valence-corrected chi connectivity index (χ3v) is 6.72. The number of nitrogens with zero attached hydrogens (tertiary/aromatic N) is 8. The van der Waals surface area contributed by atoms with Crippen LogP contribution < -0.4 is 39.2 Å². The van der Waals surface area contributed by atoms with Crippen LogP contribution >= 0.6 is 0 Å². The molecule has 0 aliphatic rings. The van der Waals surface area contributed by atoms with Gasteiger partial charge < -0.3 is 20.8 Å². The molecular formula is C31H46N8O8. The fraction of sp³-hybridized carbons (Fsp3) is 0.355. The number of aromatic nitrogens is 4. The maximum atomic E-state index is 11.3. The highest BCUT2D eigenvalue weighted by Gasteiger charge is 2.13. The van der Waals surface area contributed by atoms with Gasteiger partial charge in [-0.15, -0.1) is 15.2 Å². The van der Waals surface area contributed by atoms with Crippen molar-refractivity contribution >= 4 is 23.1 Å². The van der Waals surface area contributed by atoms with Crippen LogP contribution in [0.5, 0.6) is 0 Å². The minimum absolute atomic E-state index is 0.227.